The number of para-hydroxylation sites is 3. The Morgan fingerprint density at radius 1 is 0.356 bits per heavy atom. The van der Waals surface area contributed by atoms with Crippen LogP contribution in [0.25, 0.3) is 49.4 Å². The zero-order valence-corrected chi connectivity index (χ0v) is 24.6. The molecular formula is C43H29NO. The highest BCUT2D eigenvalue weighted by molar-refractivity contribution is 6.10. The number of rotatable bonds is 5. The first kappa shape index (κ1) is 25.6. The fourth-order valence-electron chi connectivity index (χ4n) is 7.40. The zero-order chi connectivity index (χ0) is 29.8. The quantitative estimate of drug-likeness (QED) is 0.187. The van der Waals surface area contributed by atoms with Crippen molar-refractivity contribution in [1.82, 2.24) is 4.57 Å². The summed E-state index contributed by atoms with van der Waals surface area (Å²) in [5.74, 6) is 0. The molecule has 0 spiro atoms. The first-order chi connectivity index (χ1) is 22.3. The second-order valence-corrected chi connectivity index (χ2v) is 11.7. The molecule has 0 radical (unpaired) electrons. The lowest BCUT2D eigenvalue weighted by molar-refractivity contribution is 0.668. The average Bonchev–Trinajstić information content (AvgIpc) is 3.65. The van der Waals surface area contributed by atoms with Crippen LogP contribution in [0.2, 0.25) is 0 Å². The fraction of sp³-hybridized carbons (Fsp3) is 0.0233. The van der Waals surface area contributed by atoms with Crippen LogP contribution in [0.4, 0.5) is 0 Å². The largest absolute Gasteiger partial charge is 0.456 e. The number of fused-ring (bicyclic) bond motifs is 6. The molecule has 0 unspecified atom stereocenters. The maximum atomic E-state index is 6.29. The molecule has 9 aromatic rings. The van der Waals surface area contributed by atoms with Crippen LogP contribution < -0.4 is 0 Å². The number of hydrogen-bond donors (Lipinski definition) is 0. The Balaban J connectivity index is 1.41. The van der Waals surface area contributed by atoms with E-state index in [-0.39, 0.29) is 0 Å². The van der Waals surface area contributed by atoms with E-state index >= 15 is 0 Å². The average molecular weight is 576 g/mol. The van der Waals surface area contributed by atoms with Gasteiger partial charge in [-0.05, 0) is 70.8 Å². The smallest absolute Gasteiger partial charge is 0.135 e. The van der Waals surface area contributed by atoms with E-state index in [1.165, 1.54) is 44.1 Å². The SMILES string of the molecule is c1ccc(-n2c3ccccc3c3cc(C(c4ccccc4)(c4ccccc4)c4ccc5oc6ccccc6c5c4)ccc32)cc1. The van der Waals surface area contributed by atoms with Gasteiger partial charge in [0.25, 0.3) is 0 Å². The third-order valence-electron chi connectivity index (χ3n) is 9.34. The van der Waals surface area contributed by atoms with Gasteiger partial charge in [-0.2, -0.15) is 0 Å². The van der Waals surface area contributed by atoms with E-state index < -0.39 is 5.41 Å². The Bertz CT molecular complexity index is 2430. The zero-order valence-electron chi connectivity index (χ0n) is 24.6. The highest BCUT2D eigenvalue weighted by Gasteiger charge is 2.39. The molecule has 2 nitrogen and oxygen atoms in total. The molecule has 0 bridgehead atoms. The predicted octanol–water partition coefficient (Wildman–Crippen LogP) is 11.1. The lowest BCUT2D eigenvalue weighted by Gasteiger charge is -2.37. The summed E-state index contributed by atoms with van der Waals surface area (Å²) in [6.07, 6.45) is 0. The Morgan fingerprint density at radius 3 is 1.58 bits per heavy atom. The number of nitrogens with zero attached hydrogens (tertiary/aromatic N) is 1. The number of benzene rings is 7. The summed E-state index contributed by atoms with van der Waals surface area (Å²) >= 11 is 0. The molecule has 0 fully saturated rings. The maximum absolute atomic E-state index is 6.29. The summed E-state index contributed by atoms with van der Waals surface area (Å²) in [6, 6.07) is 63.4. The van der Waals surface area contributed by atoms with Crippen LogP contribution in [0.1, 0.15) is 22.3 Å². The molecule has 0 saturated heterocycles. The molecule has 0 aliphatic carbocycles. The minimum Gasteiger partial charge on any atom is -0.456 e. The van der Waals surface area contributed by atoms with Crippen molar-refractivity contribution < 1.29 is 4.42 Å². The molecule has 0 aliphatic rings. The molecule has 9 rings (SSSR count). The van der Waals surface area contributed by atoms with Gasteiger partial charge in [-0.3, -0.25) is 0 Å². The highest BCUT2D eigenvalue weighted by Crippen LogP contribution is 2.48. The van der Waals surface area contributed by atoms with Crippen LogP contribution in [0, 0.1) is 0 Å². The van der Waals surface area contributed by atoms with Gasteiger partial charge >= 0.3 is 0 Å². The topological polar surface area (TPSA) is 18.1 Å². The molecule has 0 N–H and O–H groups in total. The number of hydrogen-bond acceptors (Lipinski definition) is 1. The van der Waals surface area contributed by atoms with Gasteiger partial charge in [0.15, 0.2) is 0 Å². The van der Waals surface area contributed by atoms with Crippen LogP contribution >= 0.6 is 0 Å². The fourth-order valence-corrected chi connectivity index (χ4v) is 7.40. The molecular weight excluding hydrogens is 546 g/mol. The molecule has 2 heteroatoms. The molecule has 2 aromatic heterocycles. The van der Waals surface area contributed by atoms with Gasteiger partial charge in [-0.25, -0.2) is 0 Å². The van der Waals surface area contributed by atoms with Gasteiger partial charge in [-0.15, -0.1) is 0 Å². The molecule has 0 atom stereocenters. The maximum Gasteiger partial charge on any atom is 0.135 e. The summed E-state index contributed by atoms with van der Waals surface area (Å²) in [4.78, 5) is 0. The molecule has 45 heavy (non-hydrogen) atoms. The van der Waals surface area contributed by atoms with E-state index in [4.69, 9.17) is 4.42 Å². The van der Waals surface area contributed by atoms with Crippen LogP contribution in [0.3, 0.4) is 0 Å². The van der Waals surface area contributed by atoms with E-state index in [0.717, 1.165) is 27.6 Å². The van der Waals surface area contributed by atoms with Crippen molar-refractivity contribution in [2.24, 2.45) is 0 Å². The summed E-state index contributed by atoms with van der Waals surface area (Å²) in [5, 5.41) is 4.73. The molecule has 212 valence electrons. The summed E-state index contributed by atoms with van der Waals surface area (Å²) in [5.41, 5.74) is 9.63. The van der Waals surface area contributed by atoms with Gasteiger partial charge < -0.3 is 8.98 Å². The lowest BCUT2D eigenvalue weighted by Crippen LogP contribution is -2.31. The Hall–Kier alpha value is -5.86. The summed E-state index contributed by atoms with van der Waals surface area (Å²) in [7, 11) is 0. The van der Waals surface area contributed by atoms with Crippen LogP contribution in [-0.4, -0.2) is 4.57 Å². The van der Waals surface area contributed by atoms with Crippen molar-refractivity contribution in [2.45, 2.75) is 5.41 Å². The Kier molecular flexibility index (Phi) is 5.76. The van der Waals surface area contributed by atoms with E-state index in [1.807, 2.05) is 12.1 Å². The van der Waals surface area contributed by atoms with Crippen molar-refractivity contribution >= 4 is 43.7 Å². The van der Waals surface area contributed by atoms with E-state index in [1.54, 1.807) is 0 Å². The lowest BCUT2D eigenvalue weighted by atomic mass is 9.65. The second-order valence-electron chi connectivity index (χ2n) is 11.7. The third kappa shape index (κ3) is 3.82. The van der Waals surface area contributed by atoms with E-state index in [9.17, 15) is 0 Å². The van der Waals surface area contributed by atoms with Crippen molar-refractivity contribution in [1.29, 1.82) is 0 Å². The van der Waals surface area contributed by atoms with Gasteiger partial charge in [0.1, 0.15) is 11.2 Å². The van der Waals surface area contributed by atoms with E-state index in [2.05, 4.69) is 168 Å². The minimum absolute atomic E-state index is 0.584. The first-order valence-corrected chi connectivity index (χ1v) is 15.4. The standard InChI is InChI=1S/C43H29NO/c1-4-14-30(15-5-1)43(31-16-6-2-7-17-31,33-25-27-42-38(29-33)36-21-11-13-23-41(36)45-42)32-24-26-40-37(28-32)35-20-10-12-22-39(35)44(40)34-18-8-3-9-19-34/h1-29H. The molecule has 0 amide bonds. The predicted molar refractivity (Wildman–Crippen MR) is 186 cm³/mol. The van der Waals surface area contributed by atoms with Crippen LogP contribution in [0.15, 0.2) is 180 Å². The highest BCUT2D eigenvalue weighted by atomic mass is 16.3. The van der Waals surface area contributed by atoms with Crippen LogP contribution in [0.5, 0.6) is 0 Å². The second kappa shape index (κ2) is 10.1. The van der Waals surface area contributed by atoms with Crippen molar-refractivity contribution in [3.8, 4) is 5.69 Å². The van der Waals surface area contributed by atoms with Gasteiger partial charge in [0, 0.05) is 27.2 Å². The number of aromatic nitrogens is 1. The van der Waals surface area contributed by atoms with Crippen molar-refractivity contribution in [2.75, 3.05) is 0 Å². The normalized spacial score (nSPS) is 12.0. The van der Waals surface area contributed by atoms with Gasteiger partial charge in [0.2, 0.25) is 0 Å². The van der Waals surface area contributed by atoms with Gasteiger partial charge in [-0.1, -0.05) is 127 Å². The molecule has 7 aromatic carbocycles. The number of furan rings is 1. The summed E-state index contributed by atoms with van der Waals surface area (Å²) < 4.78 is 8.66. The molecule has 0 aliphatic heterocycles. The molecule has 2 heterocycles. The summed E-state index contributed by atoms with van der Waals surface area (Å²) in [6.45, 7) is 0. The van der Waals surface area contributed by atoms with Gasteiger partial charge in [0.05, 0.1) is 16.4 Å². The minimum atomic E-state index is -0.584. The Labute approximate surface area is 261 Å². The molecule has 0 saturated carbocycles. The first-order valence-electron chi connectivity index (χ1n) is 15.4. The van der Waals surface area contributed by atoms with Crippen molar-refractivity contribution in [3.05, 3.63) is 198 Å². The van der Waals surface area contributed by atoms with E-state index in [0.29, 0.717) is 0 Å². The third-order valence-corrected chi connectivity index (χ3v) is 9.34. The monoisotopic (exact) mass is 575 g/mol. The Morgan fingerprint density at radius 2 is 0.867 bits per heavy atom. The van der Waals surface area contributed by atoms with Crippen molar-refractivity contribution in [3.63, 3.8) is 0 Å². The van der Waals surface area contributed by atoms with Crippen LogP contribution in [-0.2, 0) is 5.41 Å².